The lowest BCUT2D eigenvalue weighted by molar-refractivity contribution is -0.0449. The SMILES string of the molecule is CO[C@@H]1[C@H](O)[C@@H](/C=C/P(=O)(O)O)O[C@H]1n1cnc2c(N)ncnc21. The quantitative estimate of drug-likeness (QED) is 0.518. The number of imidazole rings is 1. The fourth-order valence-corrected chi connectivity index (χ4v) is 2.96. The molecule has 24 heavy (non-hydrogen) atoms. The summed E-state index contributed by atoms with van der Waals surface area (Å²) >= 11 is 0. The Kier molecular flexibility index (Phi) is 4.38. The Bertz CT molecular complexity index is 819. The number of fused-ring (bicyclic) bond motifs is 1. The highest BCUT2D eigenvalue weighted by Crippen LogP contribution is 2.39. The lowest BCUT2D eigenvalue weighted by Gasteiger charge is -2.19. The van der Waals surface area contributed by atoms with Gasteiger partial charge in [-0.15, -0.1) is 0 Å². The first-order chi connectivity index (χ1) is 11.3. The fraction of sp³-hybridized carbons (Fsp3) is 0.417. The summed E-state index contributed by atoms with van der Waals surface area (Å²) in [6.45, 7) is 0. The largest absolute Gasteiger partial charge is 0.387 e. The molecule has 11 nitrogen and oxygen atoms in total. The molecule has 1 aliphatic heterocycles. The van der Waals surface area contributed by atoms with Crippen molar-refractivity contribution in [3.63, 3.8) is 0 Å². The van der Waals surface area contributed by atoms with Gasteiger partial charge in [0.15, 0.2) is 17.7 Å². The Labute approximate surface area is 135 Å². The molecule has 0 amide bonds. The van der Waals surface area contributed by atoms with E-state index in [2.05, 4.69) is 15.0 Å². The summed E-state index contributed by atoms with van der Waals surface area (Å²) in [6.07, 6.45) is 0.0897. The van der Waals surface area contributed by atoms with Gasteiger partial charge in [-0.2, -0.15) is 0 Å². The van der Waals surface area contributed by atoms with Crippen molar-refractivity contribution in [2.24, 2.45) is 0 Å². The molecule has 0 aromatic carbocycles. The Balaban J connectivity index is 1.96. The summed E-state index contributed by atoms with van der Waals surface area (Å²) in [4.78, 5) is 29.9. The van der Waals surface area contributed by atoms with Crippen molar-refractivity contribution in [1.29, 1.82) is 0 Å². The number of nitrogens with zero attached hydrogens (tertiary/aromatic N) is 4. The van der Waals surface area contributed by atoms with Crippen LogP contribution in [-0.2, 0) is 14.0 Å². The van der Waals surface area contributed by atoms with Gasteiger partial charge in [0.25, 0.3) is 0 Å². The predicted octanol–water partition coefficient (Wildman–Crippen LogP) is -0.627. The van der Waals surface area contributed by atoms with E-state index in [0.717, 1.165) is 6.08 Å². The molecule has 130 valence electrons. The standard InChI is InChI=1S/C12H16N5O6P/c1-22-9-8(18)6(2-3-24(19,20)21)23-12(9)17-5-16-7-10(13)14-4-15-11(7)17/h2-6,8-9,12,18H,1H3,(H2,13,14,15)(H2,19,20,21)/b3-2+/t6-,8-,9-,12-/m1/s1. The summed E-state index contributed by atoms with van der Waals surface area (Å²) in [7, 11) is -2.98. The summed E-state index contributed by atoms with van der Waals surface area (Å²) in [5.74, 6) is 0.881. The Morgan fingerprint density at radius 2 is 2.17 bits per heavy atom. The first-order valence-electron chi connectivity index (χ1n) is 6.86. The molecule has 1 fully saturated rings. The molecule has 3 rings (SSSR count). The van der Waals surface area contributed by atoms with Gasteiger partial charge in [-0.05, 0) is 6.08 Å². The van der Waals surface area contributed by atoms with E-state index in [9.17, 15) is 9.67 Å². The van der Waals surface area contributed by atoms with Crippen molar-refractivity contribution in [2.45, 2.75) is 24.5 Å². The third kappa shape index (κ3) is 3.05. The molecule has 0 spiro atoms. The van der Waals surface area contributed by atoms with Crippen LogP contribution in [0.15, 0.2) is 24.5 Å². The lowest BCUT2D eigenvalue weighted by atomic mass is 10.1. The first kappa shape index (κ1) is 17.0. The average Bonchev–Trinajstić information content (AvgIpc) is 3.06. The van der Waals surface area contributed by atoms with Crippen LogP contribution in [0.2, 0.25) is 0 Å². The van der Waals surface area contributed by atoms with Crippen LogP contribution in [0.25, 0.3) is 11.2 Å². The molecule has 0 radical (unpaired) electrons. The second-order valence-electron chi connectivity index (χ2n) is 5.20. The number of nitrogens with two attached hydrogens (primary N) is 1. The zero-order valence-electron chi connectivity index (χ0n) is 12.5. The van der Waals surface area contributed by atoms with Crippen molar-refractivity contribution < 1.29 is 28.9 Å². The number of hydrogen-bond acceptors (Lipinski definition) is 8. The van der Waals surface area contributed by atoms with E-state index >= 15 is 0 Å². The van der Waals surface area contributed by atoms with Crippen molar-refractivity contribution in [3.8, 4) is 0 Å². The minimum Gasteiger partial charge on any atom is -0.387 e. The average molecular weight is 357 g/mol. The predicted molar refractivity (Wildman–Crippen MR) is 81.6 cm³/mol. The van der Waals surface area contributed by atoms with E-state index in [0.29, 0.717) is 17.0 Å². The molecule has 4 atom stereocenters. The summed E-state index contributed by atoms with van der Waals surface area (Å²) in [5, 5.41) is 10.3. The molecule has 2 aromatic rings. The monoisotopic (exact) mass is 357 g/mol. The number of aromatic nitrogens is 4. The highest BCUT2D eigenvalue weighted by Gasteiger charge is 2.44. The van der Waals surface area contributed by atoms with E-state index in [4.69, 9.17) is 25.0 Å². The number of hydrogen-bond donors (Lipinski definition) is 4. The summed E-state index contributed by atoms with van der Waals surface area (Å²) in [6, 6.07) is 0. The molecular formula is C12H16N5O6P. The number of aliphatic hydroxyl groups excluding tert-OH is 1. The maximum Gasteiger partial charge on any atom is 0.348 e. The van der Waals surface area contributed by atoms with Gasteiger partial charge < -0.3 is 30.1 Å². The maximum atomic E-state index is 11.0. The van der Waals surface area contributed by atoms with Crippen molar-refractivity contribution in [3.05, 3.63) is 24.5 Å². The highest BCUT2D eigenvalue weighted by molar-refractivity contribution is 7.55. The second kappa shape index (κ2) is 6.20. The molecule has 5 N–H and O–H groups in total. The molecule has 0 aliphatic carbocycles. The van der Waals surface area contributed by atoms with Gasteiger partial charge in [0.2, 0.25) is 0 Å². The van der Waals surface area contributed by atoms with Crippen LogP contribution in [0.1, 0.15) is 6.23 Å². The Morgan fingerprint density at radius 1 is 1.42 bits per heavy atom. The molecule has 2 aromatic heterocycles. The van der Waals surface area contributed by atoms with Crippen LogP contribution in [0, 0.1) is 0 Å². The molecule has 3 heterocycles. The topological polar surface area (TPSA) is 166 Å². The normalized spacial score (nSPS) is 28.2. The summed E-state index contributed by atoms with van der Waals surface area (Å²) in [5.41, 5.74) is 6.50. The molecule has 1 saturated heterocycles. The zero-order valence-corrected chi connectivity index (χ0v) is 13.4. The van der Waals surface area contributed by atoms with Crippen molar-refractivity contribution in [1.82, 2.24) is 19.5 Å². The Morgan fingerprint density at radius 3 is 2.83 bits per heavy atom. The van der Waals surface area contributed by atoms with Gasteiger partial charge in [-0.1, -0.05) is 0 Å². The zero-order chi connectivity index (χ0) is 17.5. The first-order valence-corrected chi connectivity index (χ1v) is 8.54. The smallest absolute Gasteiger partial charge is 0.348 e. The van der Waals surface area contributed by atoms with E-state index in [1.807, 2.05) is 0 Å². The van der Waals surface area contributed by atoms with E-state index < -0.39 is 32.1 Å². The van der Waals surface area contributed by atoms with Gasteiger partial charge in [-0.3, -0.25) is 9.13 Å². The van der Waals surface area contributed by atoms with Gasteiger partial charge in [-0.25, -0.2) is 15.0 Å². The van der Waals surface area contributed by atoms with Crippen LogP contribution in [-0.4, -0.2) is 59.8 Å². The van der Waals surface area contributed by atoms with E-state index in [1.165, 1.54) is 24.3 Å². The molecular weight excluding hydrogens is 341 g/mol. The van der Waals surface area contributed by atoms with Gasteiger partial charge in [0.1, 0.15) is 30.2 Å². The minimum absolute atomic E-state index is 0.198. The number of methoxy groups -OCH3 is 1. The Hall–Kier alpha value is -1.88. The number of anilines is 1. The third-order valence-electron chi connectivity index (χ3n) is 3.65. The summed E-state index contributed by atoms with van der Waals surface area (Å²) < 4.78 is 23.4. The number of aliphatic hydroxyl groups is 1. The van der Waals surface area contributed by atoms with Gasteiger partial charge >= 0.3 is 7.60 Å². The second-order valence-corrected chi connectivity index (χ2v) is 6.67. The van der Waals surface area contributed by atoms with Crippen LogP contribution in [0.5, 0.6) is 0 Å². The van der Waals surface area contributed by atoms with E-state index in [-0.39, 0.29) is 5.82 Å². The van der Waals surface area contributed by atoms with Crippen LogP contribution < -0.4 is 5.73 Å². The van der Waals surface area contributed by atoms with Crippen LogP contribution in [0.4, 0.5) is 5.82 Å². The maximum absolute atomic E-state index is 11.0. The highest BCUT2D eigenvalue weighted by atomic mass is 31.2. The number of nitrogen functional groups attached to an aromatic ring is 1. The van der Waals surface area contributed by atoms with Crippen molar-refractivity contribution in [2.75, 3.05) is 12.8 Å². The molecule has 0 unspecified atom stereocenters. The van der Waals surface area contributed by atoms with Crippen LogP contribution >= 0.6 is 7.60 Å². The molecule has 0 saturated carbocycles. The third-order valence-corrected chi connectivity index (χ3v) is 4.21. The van der Waals surface area contributed by atoms with Gasteiger partial charge in [0.05, 0.1) is 6.33 Å². The minimum atomic E-state index is -4.37. The molecule has 12 heteroatoms. The molecule has 0 bridgehead atoms. The lowest BCUT2D eigenvalue weighted by Crippen LogP contribution is -2.32. The van der Waals surface area contributed by atoms with Gasteiger partial charge in [0, 0.05) is 12.9 Å². The molecule has 1 aliphatic rings. The number of rotatable bonds is 4. The van der Waals surface area contributed by atoms with E-state index in [1.54, 1.807) is 0 Å². The fourth-order valence-electron chi connectivity index (χ4n) is 2.57. The van der Waals surface area contributed by atoms with Crippen molar-refractivity contribution >= 4 is 24.6 Å². The number of ether oxygens (including phenoxy) is 2. The van der Waals surface area contributed by atoms with Crippen LogP contribution in [0.3, 0.4) is 0 Å².